The van der Waals surface area contributed by atoms with Gasteiger partial charge in [-0.1, -0.05) is 11.6 Å². The SMILES string of the molecule is CC1=CCN(C(F)(F)F)C=C1. The highest BCUT2D eigenvalue weighted by Crippen LogP contribution is 2.23. The van der Waals surface area contributed by atoms with E-state index in [1.165, 1.54) is 12.2 Å². The Bertz CT molecular complexity index is 202. The highest BCUT2D eigenvalue weighted by atomic mass is 19.4. The molecule has 11 heavy (non-hydrogen) atoms. The first-order chi connectivity index (χ1) is 5.00. The molecule has 0 unspecified atom stereocenters. The van der Waals surface area contributed by atoms with E-state index in [4.69, 9.17) is 0 Å². The third-order valence-electron chi connectivity index (χ3n) is 1.45. The molecule has 1 rings (SSSR count). The number of halogens is 3. The number of hydrogen-bond donors (Lipinski definition) is 0. The lowest BCUT2D eigenvalue weighted by Gasteiger charge is -2.23. The van der Waals surface area contributed by atoms with E-state index >= 15 is 0 Å². The molecule has 1 aliphatic rings. The van der Waals surface area contributed by atoms with Crippen LogP contribution in [0.3, 0.4) is 0 Å². The molecule has 0 fully saturated rings. The summed E-state index contributed by atoms with van der Waals surface area (Å²) in [6.07, 6.45) is -0.215. The predicted octanol–water partition coefficient (Wildman–Crippen LogP) is 2.28. The van der Waals surface area contributed by atoms with Crippen LogP contribution in [0, 0.1) is 0 Å². The van der Waals surface area contributed by atoms with Crippen LogP contribution in [0.1, 0.15) is 6.92 Å². The van der Waals surface area contributed by atoms with Crippen molar-refractivity contribution in [2.75, 3.05) is 6.54 Å². The van der Waals surface area contributed by atoms with Gasteiger partial charge in [0.1, 0.15) is 0 Å². The molecule has 1 aliphatic heterocycles. The van der Waals surface area contributed by atoms with Crippen LogP contribution < -0.4 is 0 Å². The zero-order chi connectivity index (χ0) is 8.48. The predicted molar refractivity (Wildman–Crippen MR) is 35.7 cm³/mol. The smallest absolute Gasteiger partial charge is 0.287 e. The van der Waals surface area contributed by atoms with E-state index in [-0.39, 0.29) is 6.54 Å². The molecule has 4 heteroatoms. The van der Waals surface area contributed by atoms with Crippen LogP contribution >= 0.6 is 0 Å². The molecule has 0 amide bonds. The molecule has 0 bridgehead atoms. The van der Waals surface area contributed by atoms with Crippen LogP contribution in [0.2, 0.25) is 0 Å². The molecule has 0 aromatic heterocycles. The number of nitrogens with zero attached hydrogens (tertiary/aromatic N) is 1. The summed E-state index contributed by atoms with van der Waals surface area (Å²) in [5.74, 6) is 0. The average molecular weight is 163 g/mol. The summed E-state index contributed by atoms with van der Waals surface area (Å²) < 4.78 is 35.7. The molecule has 0 aromatic rings. The fraction of sp³-hybridized carbons (Fsp3) is 0.429. The zero-order valence-electron chi connectivity index (χ0n) is 6.02. The largest absolute Gasteiger partial charge is 0.484 e. The quantitative estimate of drug-likeness (QED) is 0.495. The first kappa shape index (κ1) is 8.17. The van der Waals surface area contributed by atoms with Crippen LogP contribution in [-0.2, 0) is 0 Å². The van der Waals surface area contributed by atoms with E-state index < -0.39 is 6.30 Å². The van der Waals surface area contributed by atoms with Gasteiger partial charge in [0.15, 0.2) is 0 Å². The van der Waals surface area contributed by atoms with Crippen molar-refractivity contribution in [1.82, 2.24) is 4.90 Å². The Morgan fingerprint density at radius 2 is 2.09 bits per heavy atom. The van der Waals surface area contributed by atoms with Crippen molar-refractivity contribution >= 4 is 0 Å². The molecule has 1 heterocycles. The molecular weight excluding hydrogens is 155 g/mol. The zero-order valence-corrected chi connectivity index (χ0v) is 6.02. The molecule has 0 aromatic carbocycles. The molecule has 62 valence electrons. The Morgan fingerprint density at radius 3 is 2.45 bits per heavy atom. The lowest BCUT2D eigenvalue weighted by molar-refractivity contribution is -0.224. The van der Waals surface area contributed by atoms with Gasteiger partial charge in [-0.3, -0.25) is 4.90 Å². The van der Waals surface area contributed by atoms with Gasteiger partial charge in [0.05, 0.1) is 0 Å². The van der Waals surface area contributed by atoms with Crippen molar-refractivity contribution in [3.05, 3.63) is 23.9 Å². The van der Waals surface area contributed by atoms with Crippen LogP contribution in [0.25, 0.3) is 0 Å². The summed E-state index contributed by atoms with van der Waals surface area (Å²) in [5, 5.41) is 0. The van der Waals surface area contributed by atoms with Crippen molar-refractivity contribution in [3.63, 3.8) is 0 Å². The van der Waals surface area contributed by atoms with Crippen LogP contribution in [-0.4, -0.2) is 17.7 Å². The molecule has 0 saturated heterocycles. The van der Waals surface area contributed by atoms with E-state index in [0.29, 0.717) is 4.90 Å². The van der Waals surface area contributed by atoms with Crippen LogP contribution in [0.5, 0.6) is 0 Å². The maximum absolute atomic E-state index is 11.9. The fourth-order valence-corrected chi connectivity index (χ4v) is 0.767. The Hall–Kier alpha value is -0.930. The minimum Gasteiger partial charge on any atom is -0.287 e. The molecule has 0 atom stereocenters. The molecule has 0 aliphatic carbocycles. The minimum absolute atomic E-state index is 0.0775. The summed E-state index contributed by atoms with van der Waals surface area (Å²) in [5.41, 5.74) is 0.866. The molecule has 0 N–H and O–H groups in total. The molecular formula is C7H8F3N. The van der Waals surface area contributed by atoms with Gasteiger partial charge in [-0.15, -0.1) is 0 Å². The van der Waals surface area contributed by atoms with Crippen LogP contribution in [0.4, 0.5) is 13.2 Å². The van der Waals surface area contributed by atoms with Crippen molar-refractivity contribution < 1.29 is 13.2 Å². The van der Waals surface area contributed by atoms with Crippen molar-refractivity contribution in [2.24, 2.45) is 0 Å². The topological polar surface area (TPSA) is 3.24 Å². The lowest BCUT2D eigenvalue weighted by atomic mass is 10.2. The highest BCUT2D eigenvalue weighted by molar-refractivity contribution is 5.20. The third kappa shape index (κ3) is 2.00. The number of rotatable bonds is 0. The highest BCUT2D eigenvalue weighted by Gasteiger charge is 2.34. The van der Waals surface area contributed by atoms with Gasteiger partial charge in [-0.25, -0.2) is 0 Å². The Balaban J connectivity index is 2.63. The fourth-order valence-electron chi connectivity index (χ4n) is 0.767. The van der Waals surface area contributed by atoms with Crippen LogP contribution in [0.15, 0.2) is 23.9 Å². The van der Waals surface area contributed by atoms with Crippen molar-refractivity contribution in [3.8, 4) is 0 Å². The number of hydrogen-bond acceptors (Lipinski definition) is 1. The van der Waals surface area contributed by atoms with Gasteiger partial charge in [-0.05, 0) is 13.0 Å². The van der Waals surface area contributed by atoms with E-state index in [0.717, 1.165) is 11.8 Å². The molecule has 0 spiro atoms. The van der Waals surface area contributed by atoms with Gasteiger partial charge in [0, 0.05) is 12.7 Å². The van der Waals surface area contributed by atoms with Crippen molar-refractivity contribution in [1.29, 1.82) is 0 Å². The first-order valence-corrected chi connectivity index (χ1v) is 3.18. The second-order valence-electron chi connectivity index (χ2n) is 2.38. The van der Waals surface area contributed by atoms with Gasteiger partial charge in [0.2, 0.25) is 0 Å². The normalized spacial score (nSPS) is 18.5. The standard InChI is InChI=1S/C7H8F3N/c1-6-2-4-11(5-3-6)7(8,9)10/h2-4H,5H2,1H3. The summed E-state index contributed by atoms with van der Waals surface area (Å²) in [7, 11) is 0. The maximum Gasteiger partial charge on any atom is 0.484 e. The Labute approximate surface area is 62.8 Å². The van der Waals surface area contributed by atoms with Crippen molar-refractivity contribution in [2.45, 2.75) is 13.2 Å². The summed E-state index contributed by atoms with van der Waals surface area (Å²) in [4.78, 5) is 0.333. The lowest BCUT2D eigenvalue weighted by Crippen LogP contribution is -2.34. The maximum atomic E-state index is 11.9. The minimum atomic E-state index is -4.24. The summed E-state index contributed by atoms with van der Waals surface area (Å²) >= 11 is 0. The van der Waals surface area contributed by atoms with Gasteiger partial charge in [0.25, 0.3) is 0 Å². The summed E-state index contributed by atoms with van der Waals surface area (Å²) in [6, 6.07) is 0. The summed E-state index contributed by atoms with van der Waals surface area (Å²) in [6.45, 7) is 1.69. The third-order valence-corrected chi connectivity index (χ3v) is 1.45. The van der Waals surface area contributed by atoms with Gasteiger partial charge in [-0.2, -0.15) is 13.2 Å². The molecule has 0 saturated carbocycles. The van der Waals surface area contributed by atoms with E-state index in [2.05, 4.69) is 0 Å². The second-order valence-corrected chi connectivity index (χ2v) is 2.38. The Kier molecular flexibility index (Phi) is 1.93. The van der Waals surface area contributed by atoms with Gasteiger partial charge < -0.3 is 0 Å². The van der Waals surface area contributed by atoms with E-state index in [1.54, 1.807) is 6.92 Å². The molecule has 1 nitrogen and oxygen atoms in total. The second kappa shape index (κ2) is 2.60. The monoisotopic (exact) mass is 163 g/mol. The van der Waals surface area contributed by atoms with Gasteiger partial charge >= 0.3 is 6.30 Å². The van der Waals surface area contributed by atoms with E-state index in [9.17, 15) is 13.2 Å². The number of allylic oxidation sites excluding steroid dienone is 2. The van der Waals surface area contributed by atoms with E-state index in [1.807, 2.05) is 0 Å². The first-order valence-electron chi connectivity index (χ1n) is 3.18. The average Bonchev–Trinajstić information content (AvgIpc) is 1.86. The Morgan fingerprint density at radius 1 is 1.45 bits per heavy atom. The number of alkyl halides is 3. The molecule has 0 radical (unpaired) electrons.